The van der Waals surface area contributed by atoms with Crippen LogP contribution in [0.3, 0.4) is 0 Å². The van der Waals surface area contributed by atoms with Crippen molar-refractivity contribution in [2.75, 3.05) is 14.1 Å². The molecule has 0 rings (SSSR count). The summed E-state index contributed by atoms with van der Waals surface area (Å²) in [5.74, 6) is 0. The van der Waals surface area contributed by atoms with Crippen LogP contribution in [-0.2, 0) is 0 Å². The van der Waals surface area contributed by atoms with Gasteiger partial charge < -0.3 is 4.90 Å². The van der Waals surface area contributed by atoms with Crippen molar-refractivity contribution >= 4 is 0 Å². The average molecular weight is 125 g/mol. The molecule has 0 aromatic heterocycles. The van der Waals surface area contributed by atoms with Crippen LogP contribution in [0.25, 0.3) is 0 Å². The van der Waals surface area contributed by atoms with Crippen LogP contribution in [0.4, 0.5) is 0 Å². The lowest BCUT2D eigenvalue weighted by Crippen LogP contribution is -2.10. The van der Waals surface area contributed by atoms with Gasteiger partial charge in [0.1, 0.15) is 0 Å². The topological polar surface area (TPSA) is 3.24 Å². The maximum Gasteiger partial charge on any atom is 0.0341 e. The molecule has 0 aliphatic heterocycles. The van der Waals surface area contributed by atoms with E-state index in [9.17, 15) is 0 Å². The van der Waals surface area contributed by atoms with Crippen LogP contribution in [0.5, 0.6) is 0 Å². The second kappa shape index (κ2) is 3.33. The van der Waals surface area contributed by atoms with Crippen molar-refractivity contribution in [1.29, 1.82) is 0 Å². The monoisotopic (exact) mass is 125 g/mol. The highest BCUT2D eigenvalue weighted by Gasteiger charge is 1.95. The number of rotatable bonds is 2. The molecule has 0 aliphatic carbocycles. The van der Waals surface area contributed by atoms with Gasteiger partial charge in [-0.3, -0.25) is 0 Å². The first-order valence-electron chi connectivity index (χ1n) is 3.09. The smallest absolute Gasteiger partial charge is 0.0341 e. The molecule has 0 radical (unpaired) electrons. The van der Waals surface area contributed by atoms with Gasteiger partial charge in [-0.05, 0) is 19.4 Å². The first kappa shape index (κ1) is 8.28. The van der Waals surface area contributed by atoms with Crippen molar-refractivity contribution in [1.82, 2.24) is 4.90 Å². The molecule has 0 bridgehead atoms. The highest BCUT2D eigenvalue weighted by atomic mass is 15.1. The standard InChI is InChI=1S/C8H15N/c1-6-8(7(2)3)9(4)5/h6H,2H2,1,3-5H3/b8-6-. The Balaban J connectivity index is 4.19. The quantitative estimate of drug-likeness (QED) is 0.510. The number of nitrogens with zero attached hydrogens (tertiary/aromatic N) is 1. The van der Waals surface area contributed by atoms with Crippen LogP contribution in [0.2, 0.25) is 0 Å². The largest absolute Gasteiger partial charge is 0.378 e. The Morgan fingerprint density at radius 3 is 1.89 bits per heavy atom. The average Bonchev–Trinajstić information content (AvgIpc) is 1.64. The summed E-state index contributed by atoms with van der Waals surface area (Å²) in [5.41, 5.74) is 2.32. The van der Waals surface area contributed by atoms with Gasteiger partial charge in [0.25, 0.3) is 0 Å². The molecule has 0 aromatic rings. The van der Waals surface area contributed by atoms with E-state index in [1.807, 2.05) is 27.9 Å². The highest BCUT2D eigenvalue weighted by molar-refractivity contribution is 5.23. The second-order valence-electron chi connectivity index (χ2n) is 2.35. The van der Waals surface area contributed by atoms with Crippen LogP contribution < -0.4 is 0 Å². The lowest BCUT2D eigenvalue weighted by atomic mass is 10.2. The van der Waals surface area contributed by atoms with E-state index >= 15 is 0 Å². The minimum absolute atomic E-state index is 1.11. The molecule has 52 valence electrons. The summed E-state index contributed by atoms with van der Waals surface area (Å²) < 4.78 is 0. The van der Waals surface area contributed by atoms with Gasteiger partial charge >= 0.3 is 0 Å². The third-order valence-corrected chi connectivity index (χ3v) is 1.19. The molecular weight excluding hydrogens is 110 g/mol. The van der Waals surface area contributed by atoms with E-state index in [1.165, 1.54) is 5.70 Å². The predicted molar refractivity (Wildman–Crippen MR) is 42.3 cm³/mol. The fourth-order valence-corrected chi connectivity index (χ4v) is 0.886. The molecule has 0 unspecified atom stereocenters. The zero-order valence-electron chi connectivity index (χ0n) is 6.73. The first-order valence-corrected chi connectivity index (χ1v) is 3.09. The SMILES string of the molecule is C=C(C)/C(=C/C)N(C)C. The Morgan fingerprint density at radius 2 is 1.89 bits per heavy atom. The van der Waals surface area contributed by atoms with Gasteiger partial charge in [0.2, 0.25) is 0 Å². The third kappa shape index (κ3) is 2.36. The fourth-order valence-electron chi connectivity index (χ4n) is 0.886. The van der Waals surface area contributed by atoms with E-state index in [4.69, 9.17) is 0 Å². The lowest BCUT2D eigenvalue weighted by molar-refractivity contribution is 0.521. The van der Waals surface area contributed by atoms with E-state index in [-0.39, 0.29) is 0 Å². The van der Waals surface area contributed by atoms with Crippen molar-refractivity contribution < 1.29 is 0 Å². The molecule has 0 saturated carbocycles. The van der Waals surface area contributed by atoms with Gasteiger partial charge in [-0.15, -0.1) is 0 Å². The minimum Gasteiger partial charge on any atom is -0.378 e. The van der Waals surface area contributed by atoms with Gasteiger partial charge in [0, 0.05) is 19.8 Å². The molecule has 0 N–H and O–H groups in total. The first-order chi connectivity index (χ1) is 4.09. The van der Waals surface area contributed by atoms with Crippen molar-refractivity contribution in [3.63, 3.8) is 0 Å². The van der Waals surface area contributed by atoms with Crippen LogP contribution in [-0.4, -0.2) is 19.0 Å². The number of allylic oxidation sites excluding steroid dienone is 2. The van der Waals surface area contributed by atoms with Crippen molar-refractivity contribution in [3.8, 4) is 0 Å². The van der Waals surface area contributed by atoms with Gasteiger partial charge in [-0.1, -0.05) is 12.7 Å². The van der Waals surface area contributed by atoms with E-state index < -0.39 is 0 Å². The Bertz CT molecular complexity index is 132. The lowest BCUT2D eigenvalue weighted by Gasteiger charge is -2.16. The van der Waals surface area contributed by atoms with Crippen LogP contribution >= 0.6 is 0 Å². The number of likely N-dealkylation sites (N-methyl/N-ethyl adjacent to an activating group) is 1. The molecule has 0 spiro atoms. The molecule has 1 nitrogen and oxygen atoms in total. The zero-order valence-corrected chi connectivity index (χ0v) is 6.73. The molecule has 0 fully saturated rings. The number of hydrogen-bond donors (Lipinski definition) is 0. The Morgan fingerprint density at radius 1 is 1.44 bits per heavy atom. The zero-order chi connectivity index (χ0) is 7.44. The normalized spacial score (nSPS) is 11.3. The summed E-state index contributed by atoms with van der Waals surface area (Å²) in [7, 11) is 4.04. The summed E-state index contributed by atoms with van der Waals surface area (Å²) >= 11 is 0. The molecule has 9 heavy (non-hydrogen) atoms. The van der Waals surface area contributed by atoms with Crippen LogP contribution in [0.1, 0.15) is 13.8 Å². The number of hydrogen-bond acceptors (Lipinski definition) is 1. The molecular formula is C8H15N. The van der Waals surface area contributed by atoms with Crippen molar-refractivity contribution in [2.24, 2.45) is 0 Å². The molecule has 1 heteroatoms. The van der Waals surface area contributed by atoms with Gasteiger partial charge in [-0.2, -0.15) is 0 Å². The van der Waals surface area contributed by atoms with Gasteiger partial charge in [0.05, 0.1) is 0 Å². The third-order valence-electron chi connectivity index (χ3n) is 1.19. The summed E-state index contributed by atoms with van der Waals surface area (Å²) in [5, 5.41) is 0. The molecule has 0 atom stereocenters. The fraction of sp³-hybridized carbons (Fsp3) is 0.500. The van der Waals surface area contributed by atoms with E-state index in [0.29, 0.717) is 0 Å². The summed E-state index contributed by atoms with van der Waals surface area (Å²) in [4.78, 5) is 2.06. The summed E-state index contributed by atoms with van der Waals surface area (Å²) in [6.07, 6.45) is 2.06. The Kier molecular flexibility index (Phi) is 3.07. The highest BCUT2D eigenvalue weighted by Crippen LogP contribution is 2.07. The van der Waals surface area contributed by atoms with Gasteiger partial charge in [-0.25, -0.2) is 0 Å². The van der Waals surface area contributed by atoms with E-state index in [1.54, 1.807) is 0 Å². The minimum atomic E-state index is 1.11. The maximum atomic E-state index is 3.84. The van der Waals surface area contributed by atoms with Crippen molar-refractivity contribution in [2.45, 2.75) is 13.8 Å². The second-order valence-corrected chi connectivity index (χ2v) is 2.35. The van der Waals surface area contributed by atoms with E-state index in [0.717, 1.165) is 5.57 Å². The van der Waals surface area contributed by atoms with Crippen molar-refractivity contribution in [3.05, 3.63) is 23.9 Å². The van der Waals surface area contributed by atoms with Gasteiger partial charge in [0.15, 0.2) is 0 Å². The molecule has 0 aromatic carbocycles. The van der Waals surface area contributed by atoms with E-state index in [2.05, 4.69) is 17.6 Å². The molecule has 0 heterocycles. The van der Waals surface area contributed by atoms with Crippen LogP contribution in [0, 0.1) is 0 Å². The summed E-state index contributed by atoms with van der Waals surface area (Å²) in [6.45, 7) is 7.86. The molecule has 0 aliphatic rings. The Labute approximate surface area is 57.7 Å². The molecule has 0 saturated heterocycles. The summed E-state index contributed by atoms with van der Waals surface area (Å²) in [6, 6.07) is 0. The predicted octanol–water partition coefficient (Wildman–Crippen LogP) is 2.03. The Hall–Kier alpha value is -0.720. The molecule has 0 amide bonds. The van der Waals surface area contributed by atoms with Crippen LogP contribution in [0.15, 0.2) is 23.9 Å². The maximum absolute atomic E-state index is 3.84.